The second-order valence-electron chi connectivity index (χ2n) is 7.43. The van der Waals surface area contributed by atoms with Gasteiger partial charge in [0.15, 0.2) is 29.7 Å². The molecule has 4 rings (SSSR count). The third-order valence-corrected chi connectivity index (χ3v) is 5.49. The maximum Gasteiger partial charge on any atom is 0.291 e. The monoisotopic (exact) mass is 435 g/mol. The Morgan fingerprint density at radius 3 is 2.56 bits per heavy atom. The zero-order valence-electron chi connectivity index (χ0n) is 17.1. The number of hydrogen-bond donors (Lipinski definition) is 1. The molecule has 2 N–H and O–H groups in total. The normalized spacial score (nSPS) is 18.1. The quantitative estimate of drug-likeness (QED) is 0.365. The number of nitrogens with zero attached hydrogens (tertiary/aromatic N) is 1. The summed E-state index contributed by atoms with van der Waals surface area (Å²) in [7, 11) is 1.38. The fourth-order valence-corrected chi connectivity index (χ4v) is 3.93. The Morgan fingerprint density at radius 1 is 1.16 bits per heavy atom. The highest BCUT2D eigenvalue weighted by Crippen LogP contribution is 2.41. The van der Waals surface area contributed by atoms with Crippen LogP contribution >= 0.6 is 0 Å². The molecule has 2 unspecified atom stereocenters. The molecule has 1 fully saturated rings. The Labute approximate surface area is 183 Å². The number of phenols is 1. The standard InChI is InChI=1S/C24H19FN2O5/c1-32-19-11-16(6-9-18(19)28)21-20(22(29)15-4-7-17(25)8-5-15)23(30)24(31)27(21)13-14-3-2-10-26-12-14/h2-12,20-21,28H,13H2,1H3/p+1. The molecule has 1 saturated heterocycles. The number of aromatic amines is 1. The van der Waals surface area contributed by atoms with Crippen molar-refractivity contribution in [2.75, 3.05) is 7.11 Å². The summed E-state index contributed by atoms with van der Waals surface area (Å²) in [4.78, 5) is 43.6. The average Bonchev–Trinajstić information content (AvgIpc) is 3.05. The molecular formula is C24H20FN2O5+. The molecule has 1 amide bonds. The van der Waals surface area contributed by atoms with Gasteiger partial charge in [-0.05, 0) is 48.0 Å². The number of amides is 1. The second kappa shape index (κ2) is 8.58. The number of pyridine rings is 1. The SMILES string of the molecule is COc1cc(C2C(C(=O)c3ccc(F)cc3)C(=O)C(=O)N2Cc2ccc[nH+]c2)ccc1O. The van der Waals surface area contributed by atoms with Crippen LogP contribution in [-0.4, -0.2) is 34.6 Å². The van der Waals surface area contributed by atoms with Gasteiger partial charge >= 0.3 is 0 Å². The number of carbonyl (C=O) groups is 3. The Balaban J connectivity index is 1.81. The van der Waals surface area contributed by atoms with Gasteiger partial charge in [-0.1, -0.05) is 6.07 Å². The van der Waals surface area contributed by atoms with Gasteiger partial charge in [-0.25, -0.2) is 9.37 Å². The molecule has 0 spiro atoms. The third kappa shape index (κ3) is 3.82. The second-order valence-corrected chi connectivity index (χ2v) is 7.43. The molecule has 2 atom stereocenters. The van der Waals surface area contributed by atoms with Crippen molar-refractivity contribution >= 4 is 17.5 Å². The number of hydrogen-bond acceptors (Lipinski definition) is 5. The molecule has 8 heteroatoms. The summed E-state index contributed by atoms with van der Waals surface area (Å²) >= 11 is 0. The molecule has 3 aromatic rings. The van der Waals surface area contributed by atoms with Crippen molar-refractivity contribution in [1.29, 1.82) is 0 Å². The minimum atomic E-state index is -1.32. The molecule has 7 nitrogen and oxygen atoms in total. The van der Waals surface area contributed by atoms with E-state index in [-0.39, 0.29) is 23.6 Å². The number of nitrogens with one attached hydrogen (secondary N) is 1. The van der Waals surface area contributed by atoms with Crippen LogP contribution in [0.1, 0.15) is 27.5 Å². The van der Waals surface area contributed by atoms with Crippen LogP contribution in [0.15, 0.2) is 67.0 Å². The first-order valence-corrected chi connectivity index (χ1v) is 9.87. The van der Waals surface area contributed by atoms with Crippen LogP contribution in [0.4, 0.5) is 4.39 Å². The molecule has 0 saturated carbocycles. The van der Waals surface area contributed by atoms with Crippen LogP contribution in [0, 0.1) is 11.7 Å². The summed E-state index contributed by atoms with van der Waals surface area (Å²) in [5.74, 6) is -4.01. The van der Waals surface area contributed by atoms with Crippen LogP contribution in [-0.2, 0) is 16.1 Å². The first kappa shape index (κ1) is 21.2. The molecular weight excluding hydrogens is 415 g/mol. The number of ketones is 2. The van der Waals surface area contributed by atoms with Crippen LogP contribution in [0.3, 0.4) is 0 Å². The van der Waals surface area contributed by atoms with Crippen LogP contribution < -0.4 is 9.72 Å². The molecule has 0 aliphatic carbocycles. The third-order valence-electron chi connectivity index (χ3n) is 5.49. The highest BCUT2D eigenvalue weighted by Gasteiger charge is 2.51. The van der Waals surface area contributed by atoms with Crippen LogP contribution in [0.2, 0.25) is 0 Å². The molecule has 0 radical (unpaired) electrons. The summed E-state index contributed by atoms with van der Waals surface area (Å²) < 4.78 is 18.5. The largest absolute Gasteiger partial charge is 0.504 e. The Morgan fingerprint density at radius 2 is 1.91 bits per heavy atom. The topological polar surface area (TPSA) is 98.1 Å². The minimum Gasteiger partial charge on any atom is -0.504 e. The first-order chi connectivity index (χ1) is 15.4. The van der Waals surface area contributed by atoms with Gasteiger partial charge < -0.3 is 14.7 Å². The van der Waals surface area contributed by atoms with E-state index in [4.69, 9.17) is 4.74 Å². The first-order valence-electron chi connectivity index (χ1n) is 9.87. The van der Waals surface area contributed by atoms with Gasteiger partial charge in [0, 0.05) is 17.2 Å². The van der Waals surface area contributed by atoms with Crippen molar-refractivity contribution in [2.24, 2.45) is 5.92 Å². The van der Waals surface area contributed by atoms with Crippen molar-refractivity contribution in [3.8, 4) is 11.5 Å². The molecule has 2 heterocycles. The summed E-state index contributed by atoms with van der Waals surface area (Å²) in [6.07, 6.45) is 3.41. The summed E-state index contributed by atoms with van der Waals surface area (Å²) in [6, 6.07) is 11.9. The molecule has 2 aromatic carbocycles. The van der Waals surface area contributed by atoms with Gasteiger partial charge in [0.25, 0.3) is 5.91 Å². The number of benzene rings is 2. The molecule has 0 bridgehead atoms. The van der Waals surface area contributed by atoms with Gasteiger partial charge in [0.1, 0.15) is 11.7 Å². The van der Waals surface area contributed by atoms with E-state index in [2.05, 4.69) is 4.98 Å². The lowest BCUT2D eigenvalue weighted by Crippen LogP contribution is -2.30. The summed E-state index contributed by atoms with van der Waals surface area (Å²) in [5.41, 5.74) is 1.32. The van der Waals surface area contributed by atoms with E-state index >= 15 is 0 Å². The van der Waals surface area contributed by atoms with Crippen LogP contribution in [0.25, 0.3) is 0 Å². The number of halogens is 1. The number of aromatic hydroxyl groups is 1. The molecule has 162 valence electrons. The van der Waals surface area contributed by atoms with Gasteiger partial charge in [-0.2, -0.15) is 0 Å². The molecule has 1 aliphatic heterocycles. The van der Waals surface area contributed by atoms with Crippen molar-refractivity contribution in [1.82, 2.24) is 4.90 Å². The van der Waals surface area contributed by atoms with Gasteiger partial charge in [0.2, 0.25) is 5.78 Å². The van der Waals surface area contributed by atoms with E-state index in [9.17, 15) is 23.9 Å². The summed E-state index contributed by atoms with van der Waals surface area (Å²) in [6.45, 7) is 0.0863. The number of rotatable bonds is 6. The smallest absolute Gasteiger partial charge is 0.291 e. The fraction of sp³-hybridized carbons (Fsp3) is 0.167. The van der Waals surface area contributed by atoms with E-state index in [1.807, 2.05) is 0 Å². The Hall–Kier alpha value is -4.07. The molecule has 1 aliphatic rings. The predicted molar refractivity (Wildman–Crippen MR) is 110 cm³/mol. The Bertz CT molecular complexity index is 1180. The maximum absolute atomic E-state index is 13.4. The number of carbonyl (C=O) groups excluding carboxylic acids is 3. The molecule has 32 heavy (non-hydrogen) atoms. The van der Waals surface area contributed by atoms with Crippen molar-refractivity contribution in [3.05, 3.63) is 89.5 Å². The lowest BCUT2D eigenvalue weighted by molar-refractivity contribution is -0.378. The summed E-state index contributed by atoms with van der Waals surface area (Å²) in [5, 5.41) is 9.98. The van der Waals surface area contributed by atoms with Gasteiger partial charge in [-0.15, -0.1) is 0 Å². The number of ether oxygens (including phenoxy) is 1. The van der Waals surface area contributed by atoms with Crippen molar-refractivity contribution in [3.63, 3.8) is 0 Å². The number of likely N-dealkylation sites (tertiary alicyclic amines) is 1. The minimum absolute atomic E-state index is 0.0863. The highest BCUT2D eigenvalue weighted by molar-refractivity contribution is 6.44. The van der Waals surface area contributed by atoms with Gasteiger partial charge in [-0.3, -0.25) is 14.4 Å². The number of Topliss-reactive ketones (excluding diaryl/α,β-unsaturated/α-hetero) is 2. The van der Waals surface area contributed by atoms with Crippen molar-refractivity contribution in [2.45, 2.75) is 12.6 Å². The highest BCUT2D eigenvalue weighted by atomic mass is 19.1. The zero-order valence-corrected chi connectivity index (χ0v) is 17.1. The lowest BCUT2D eigenvalue weighted by Gasteiger charge is -2.27. The maximum atomic E-state index is 13.4. The number of methoxy groups -OCH3 is 1. The van der Waals surface area contributed by atoms with Crippen LogP contribution in [0.5, 0.6) is 11.5 Å². The van der Waals surface area contributed by atoms with E-state index in [0.717, 1.165) is 17.7 Å². The number of aromatic nitrogens is 1. The zero-order chi connectivity index (χ0) is 22.8. The van der Waals surface area contributed by atoms with E-state index < -0.39 is 35.3 Å². The van der Waals surface area contributed by atoms with E-state index in [0.29, 0.717) is 5.56 Å². The fourth-order valence-electron chi connectivity index (χ4n) is 3.93. The van der Waals surface area contributed by atoms with Gasteiger partial charge in [0.05, 0.1) is 19.7 Å². The number of phenolic OH excluding ortho intramolecular Hbond substituents is 1. The average molecular weight is 435 g/mol. The number of H-pyrrole nitrogens is 1. The lowest BCUT2D eigenvalue weighted by atomic mass is 9.86. The Kier molecular flexibility index (Phi) is 5.68. The molecule has 1 aromatic heterocycles. The van der Waals surface area contributed by atoms with E-state index in [1.54, 1.807) is 30.6 Å². The van der Waals surface area contributed by atoms with Crippen molar-refractivity contribution < 1.29 is 33.6 Å². The van der Waals surface area contributed by atoms with E-state index in [1.165, 1.54) is 36.3 Å². The predicted octanol–water partition coefficient (Wildman–Crippen LogP) is 2.51.